The summed E-state index contributed by atoms with van der Waals surface area (Å²) in [5.41, 5.74) is 1.09. The predicted octanol–water partition coefficient (Wildman–Crippen LogP) is 14.5. The normalized spacial score (nSPS) is 12.8. The second-order valence-corrected chi connectivity index (χ2v) is 17.3. The first-order valence-corrected chi connectivity index (χ1v) is 17.0. The molecule has 0 aliphatic carbocycles. The highest BCUT2D eigenvalue weighted by atomic mass is 14.4. The van der Waals surface area contributed by atoms with Gasteiger partial charge in [-0.2, -0.15) is 0 Å². The Balaban J connectivity index is -0.000000233. The van der Waals surface area contributed by atoms with E-state index in [-0.39, 0.29) is 7.43 Å². The lowest BCUT2D eigenvalue weighted by Gasteiger charge is -2.37. The van der Waals surface area contributed by atoms with Crippen LogP contribution in [0.1, 0.15) is 184 Å². The number of hydrogen-bond acceptors (Lipinski definition) is 0. The van der Waals surface area contributed by atoms with Gasteiger partial charge in [0.2, 0.25) is 0 Å². The molecule has 0 saturated heterocycles. The van der Waals surface area contributed by atoms with Gasteiger partial charge in [0.1, 0.15) is 0 Å². The van der Waals surface area contributed by atoms with Crippen molar-refractivity contribution in [3.05, 3.63) is 0 Å². The van der Waals surface area contributed by atoms with Crippen LogP contribution >= 0.6 is 0 Å². The summed E-state index contributed by atoms with van der Waals surface area (Å²) in [7, 11) is 0. The van der Waals surface area contributed by atoms with E-state index in [0.717, 1.165) is 59.2 Å². The smallest absolute Gasteiger partial charge is 0.0298 e. The van der Waals surface area contributed by atoms with Crippen molar-refractivity contribution in [1.82, 2.24) is 0 Å². The minimum Gasteiger partial charge on any atom is -0.0776 e. The molecular formula is C39H86. The third-order valence-corrected chi connectivity index (χ3v) is 8.78. The highest BCUT2D eigenvalue weighted by Crippen LogP contribution is 2.40. The Kier molecular flexibility index (Phi) is 26.6. The molecule has 0 saturated carbocycles. The monoisotopic (exact) mass is 555 g/mol. The van der Waals surface area contributed by atoms with Crippen LogP contribution in [0.15, 0.2) is 0 Å². The fourth-order valence-electron chi connectivity index (χ4n) is 6.69. The first kappa shape index (κ1) is 46.0. The summed E-state index contributed by atoms with van der Waals surface area (Å²) >= 11 is 0. The molecule has 0 amide bonds. The van der Waals surface area contributed by atoms with Gasteiger partial charge < -0.3 is 0 Å². The Morgan fingerprint density at radius 1 is 0.359 bits per heavy atom. The quantitative estimate of drug-likeness (QED) is 0.189. The van der Waals surface area contributed by atoms with E-state index in [1.165, 1.54) is 38.5 Å². The Hall–Kier alpha value is 0. The molecule has 0 bridgehead atoms. The van der Waals surface area contributed by atoms with Gasteiger partial charge in [0.25, 0.3) is 0 Å². The zero-order valence-corrected chi connectivity index (χ0v) is 31.0. The topological polar surface area (TPSA) is 0 Å². The van der Waals surface area contributed by atoms with Gasteiger partial charge in [0, 0.05) is 0 Å². The lowest BCUT2D eigenvalue weighted by Crippen LogP contribution is -2.27. The molecule has 0 unspecified atom stereocenters. The molecule has 0 aromatic rings. The van der Waals surface area contributed by atoms with E-state index in [1.807, 2.05) is 0 Å². The van der Waals surface area contributed by atoms with Crippen molar-refractivity contribution in [3.8, 4) is 0 Å². The first-order chi connectivity index (χ1) is 17.0. The second-order valence-electron chi connectivity index (χ2n) is 17.3. The van der Waals surface area contributed by atoms with Gasteiger partial charge in [-0.3, -0.25) is 0 Å². The van der Waals surface area contributed by atoms with Gasteiger partial charge in [0.05, 0.1) is 0 Å². The standard InChI is InChI=1S/2C13H28.C12H26.CH4/c2*1-10(2)8-13(7,12(5)6)9-11(3)4;1-9(2)7-12(11(5)6)8-10(3)4;/h2*10-12H,8-9H2,1-7H3;9-12H,7-8H2,1-6H3;1H4. The van der Waals surface area contributed by atoms with E-state index in [2.05, 4.69) is 138 Å². The van der Waals surface area contributed by atoms with Gasteiger partial charge in [-0.1, -0.05) is 146 Å². The molecule has 0 aliphatic heterocycles. The molecule has 0 fully saturated rings. The summed E-state index contributed by atoms with van der Waals surface area (Å²) < 4.78 is 0. The highest BCUT2D eigenvalue weighted by molar-refractivity contribution is 4.81. The zero-order valence-electron chi connectivity index (χ0n) is 31.0. The van der Waals surface area contributed by atoms with Crippen molar-refractivity contribution in [2.75, 3.05) is 0 Å². The molecule has 0 radical (unpaired) electrons. The molecule has 0 aromatic heterocycles. The van der Waals surface area contributed by atoms with E-state index < -0.39 is 0 Å². The average Bonchev–Trinajstić information content (AvgIpc) is 2.64. The van der Waals surface area contributed by atoms with Gasteiger partial charge in [-0.15, -0.1) is 0 Å². The Labute approximate surface area is 254 Å². The second kappa shape index (κ2) is 22.6. The fourth-order valence-corrected chi connectivity index (χ4v) is 6.69. The average molecular weight is 555 g/mol. The molecule has 0 N–H and O–H groups in total. The van der Waals surface area contributed by atoms with Crippen LogP contribution < -0.4 is 0 Å². The maximum Gasteiger partial charge on any atom is -0.0298 e. The molecule has 0 rings (SSSR count). The van der Waals surface area contributed by atoms with E-state index in [1.54, 1.807) is 0 Å². The van der Waals surface area contributed by atoms with Crippen LogP contribution in [-0.4, -0.2) is 0 Å². The molecule has 242 valence electrons. The summed E-state index contributed by atoms with van der Waals surface area (Å²) in [6, 6.07) is 0. The lowest BCUT2D eigenvalue weighted by molar-refractivity contribution is 0.135. The molecule has 0 aromatic carbocycles. The van der Waals surface area contributed by atoms with Crippen molar-refractivity contribution in [2.24, 2.45) is 70.0 Å². The van der Waals surface area contributed by atoms with Crippen molar-refractivity contribution in [3.63, 3.8) is 0 Å². The minimum atomic E-state index is 0. The summed E-state index contributed by atoms with van der Waals surface area (Å²) in [6.07, 6.45) is 8.25. The van der Waals surface area contributed by atoms with Crippen LogP contribution in [0.25, 0.3) is 0 Å². The highest BCUT2D eigenvalue weighted by Gasteiger charge is 2.30. The zero-order chi connectivity index (χ0) is 31.0. The van der Waals surface area contributed by atoms with Crippen LogP contribution in [-0.2, 0) is 0 Å². The largest absolute Gasteiger partial charge is 0.0776 e. The van der Waals surface area contributed by atoms with Gasteiger partial charge >= 0.3 is 0 Å². The Morgan fingerprint density at radius 3 is 0.667 bits per heavy atom. The first-order valence-electron chi connectivity index (χ1n) is 17.0. The van der Waals surface area contributed by atoms with Crippen molar-refractivity contribution in [1.29, 1.82) is 0 Å². The summed E-state index contributed by atoms with van der Waals surface area (Å²) in [5, 5.41) is 0. The summed E-state index contributed by atoms with van der Waals surface area (Å²) in [6.45, 7) is 47.1. The van der Waals surface area contributed by atoms with E-state index in [4.69, 9.17) is 0 Å². The van der Waals surface area contributed by atoms with Crippen LogP contribution in [0.5, 0.6) is 0 Å². The van der Waals surface area contributed by atoms with Gasteiger partial charge in [-0.25, -0.2) is 0 Å². The van der Waals surface area contributed by atoms with E-state index in [0.29, 0.717) is 10.8 Å². The van der Waals surface area contributed by atoms with Crippen molar-refractivity contribution < 1.29 is 0 Å². The molecule has 0 nitrogen and oxygen atoms in total. The molecule has 0 heteroatoms. The lowest BCUT2D eigenvalue weighted by atomic mass is 9.69. The summed E-state index contributed by atoms with van der Waals surface area (Å²) in [5.74, 6) is 8.41. The van der Waals surface area contributed by atoms with Crippen LogP contribution in [0.3, 0.4) is 0 Å². The van der Waals surface area contributed by atoms with Gasteiger partial charge in [-0.05, 0) is 109 Å². The maximum atomic E-state index is 2.46. The van der Waals surface area contributed by atoms with Gasteiger partial charge in [0.15, 0.2) is 0 Å². The van der Waals surface area contributed by atoms with Crippen molar-refractivity contribution in [2.45, 2.75) is 184 Å². The minimum absolute atomic E-state index is 0. The third-order valence-electron chi connectivity index (χ3n) is 8.78. The molecule has 39 heavy (non-hydrogen) atoms. The number of hydrogen-bond donors (Lipinski definition) is 0. The van der Waals surface area contributed by atoms with Crippen LogP contribution in [0, 0.1) is 70.0 Å². The van der Waals surface area contributed by atoms with Crippen molar-refractivity contribution >= 4 is 0 Å². The number of rotatable bonds is 15. The Morgan fingerprint density at radius 2 is 0.564 bits per heavy atom. The maximum absolute atomic E-state index is 2.46. The SMILES string of the molecule is C.CC(C)CC(C)(CC(C)C)C(C)C.CC(C)CC(C)(CC(C)C)C(C)C.CC(C)CC(CC(C)C)C(C)C. The van der Waals surface area contributed by atoms with E-state index >= 15 is 0 Å². The fraction of sp³-hybridized carbons (Fsp3) is 1.00. The third kappa shape index (κ3) is 25.4. The van der Waals surface area contributed by atoms with E-state index in [9.17, 15) is 0 Å². The van der Waals surface area contributed by atoms with Crippen LogP contribution in [0.4, 0.5) is 0 Å². The molecule has 0 atom stereocenters. The summed E-state index contributed by atoms with van der Waals surface area (Å²) in [4.78, 5) is 0. The molecule has 0 spiro atoms. The molecule has 0 heterocycles. The van der Waals surface area contributed by atoms with Crippen LogP contribution in [0.2, 0.25) is 0 Å². The molecule has 0 aliphatic rings. The predicted molar refractivity (Wildman–Crippen MR) is 188 cm³/mol. The Bertz CT molecular complexity index is 450. The molecular weight excluding hydrogens is 468 g/mol.